The van der Waals surface area contributed by atoms with Crippen LogP contribution in [0.1, 0.15) is 130 Å². The molecule has 2 N–H and O–H groups in total. The van der Waals surface area contributed by atoms with E-state index >= 15 is 0 Å². The Morgan fingerprint density at radius 2 is 1.63 bits per heavy atom. The van der Waals surface area contributed by atoms with Gasteiger partial charge in [0, 0.05) is 89.5 Å². The van der Waals surface area contributed by atoms with Crippen LogP contribution in [0.3, 0.4) is 0 Å². The van der Waals surface area contributed by atoms with Crippen molar-refractivity contribution in [3.63, 3.8) is 0 Å². The third kappa shape index (κ3) is 11.2. The van der Waals surface area contributed by atoms with E-state index in [-0.39, 0.29) is 35.8 Å². The zero-order valence-corrected chi connectivity index (χ0v) is 43.8. The second-order valence-corrected chi connectivity index (χ2v) is 23.2. The Morgan fingerprint density at radius 1 is 0.886 bits per heavy atom. The number of allylic oxidation sites excluding steroid dienone is 9. The van der Waals surface area contributed by atoms with Crippen LogP contribution in [0.15, 0.2) is 112 Å². The summed E-state index contributed by atoms with van der Waals surface area (Å²) in [4.78, 5) is 34.5. The van der Waals surface area contributed by atoms with Crippen LogP contribution in [0.25, 0.3) is 10.8 Å². The highest BCUT2D eigenvalue weighted by molar-refractivity contribution is 7.86. The van der Waals surface area contributed by atoms with Gasteiger partial charge in [0.2, 0.25) is 5.69 Å². The summed E-state index contributed by atoms with van der Waals surface area (Å²) in [5, 5.41) is 2.83. The van der Waals surface area contributed by atoms with E-state index in [1.165, 1.54) is 6.07 Å². The molecule has 0 spiro atoms. The summed E-state index contributed by atoms with van der Waals surface area (Å²) in [6.07, 6.45) is 16.0. The van der Waals surface area contributed by atoms with Crippen LogP contribution in [-0.2, 0) is 45.5 Å². The Kier molecular flexibility index (Phi) is 16.1. The van der Waals surface area contributed by atoms with Gasteiger partial charge in [0.25, 0.3) is 26.1 Å². The van der Waals surface area contributed by atoms with Gasteiger partial charge in [-0.2, -0.15) is 21.4 Å². The van der Waals surface area contributed by atoms with E-state index in [0.717, 1.165) is 106 Å². The lowest BCUT2D eigenvalue weighted by Crippen LogP contribution is -2.28. The fraction of sp³-hybridized carbons (Fsp3) is 0.463. The minimum atomic E-state index is -4.51. The number of anilines is 2. The molecule has 1 amide bonds. The molecule has 4 aliphatic rings. The van der Waals surface area contributed by atoms with Crippen molar-refractivity contribution in [3.8, 4) is 0 Å². The van der Waals surface area contributed by atoms with Gasteiger partial charge < -0.3 is 14.6 Å². The number of hydrogen-bond donors (Lipinski definition) is 2. The molecule has 13 nitrogen and oxygen atoms in total. The number of halogens is 1. The molecule has 3 aromatic rings. The summed E-state index contributed by atoms with van der Waals surface area (Å²) in [5.41, 5.74) is 8.56. The normalized spacial score (nSPS) is 19.2. The van der Waals surface area contributed by atoms with Crippen molar-refractivity contribution in [2.24, 2.45) is 0 Å². The molecule has 1 saturated heterocycles. The van der Waals surface area contributed by atoms with Crippen LogP contribution in [0.4, 0.5) is 17.1 Å². The molecule has 3 aromatic carbocycles. The summed E-state index contributed by atoms with van der Waals surface area (Å²) in [7, 11) is -8.65. The van der Waals surface area contributed by atoms with Gasteiger partial charge in [0.1, 0.15) is 11.4 Å². The lowest BCUT2D eigenvalue weighted by Gasteiger charge is -2.27. The molecule has 0 saturated carbocycles. The number of nitrogens with zero attached hydrogens (tertiary/aromatic N) is 4. The van der Waals surface area contributed by atoms with E-state index in [2.05, 4.69) is 105 Å². The van der Waals surface area contributed by atoms with Crippen LogP contribution in [0.5, 0.6) is 0 Å². The molecular weight excluding hydrogens is 948 g/mol. The molecule has 0 atom stereocenters. The molecular formula is C54H68ClN4O9S2+. The fourth-order valence-corrected chi connectivity index (χ4v) is 12.2. The molecule has 0 radical (unpaired) electrons. The van der Waals surface area contributed by atoms with Crippen LogP contribution in [0.2, 0.25) is 0 Å². The lowest BCUT2D eigenvalue weighted by molar-refractivity contribution is -0.438. The number of hydroxylamine groups is 2. The molecule has 1 fully saturated rings. The highest BCUT2D eigenvalue weighted by Crippen LogP contribution is 2.50. The maximum atomic E-state index is 12.7. The molecule has 0 aromatic heterocycles. The predicted octanol–water partition coefficient (Wildman–Crippen LogP) is 11.4. The smallest absolute Gasteiger partial charge is 0.333 e. The van der Waals surface area contributed by atoms with Crippen LogP contribution in [-0.4, -0.2) is 85.1 Å². The van der Waals surface area contributed by atoms with E-state index in [1.54, 1.807) is 12.1 Å². The first-order chi connectivity index (χ1) is 33.1. The molecule has 70 heavy (non-hydrogen) atoms. The van der Waals surface area contributed by atoms with E-state index in [1.807, 2.05) is 12.1 Å². The number of hydrogen-bond acceptors (Lipinski definition) is 9. The van der Waals surface area contributed by atoms with Gasteiger partial charge in [-0.05, 0) is 130 Å². The van der Waals surface area contributed by atoms with Gasteiger partial charge in [0.05, 0.1) is 16.9 Å². The maximum absolute atomic E-state index is 12.7. The van der Waals surface area contributed by atoms with Crippen molar-refractivity contribution in [3.05, 3.63) is 118 Å². The van der Waals surface area contributed by atoms with Gasteiger partial charge in [-0.15, -0.1) is 5.06 Å². The van der Waals surface area contributed by atoms with Gasteiger partial charge in [-0.25, -0.2) is 4.79 Å². The summed E-state index contributed by atoms with van der Waals surface area (Å²) in [6, 6.07) is 15.2. The Balaban J connectivity index is 1.20. The fourth-order valence-electron chi connectivity index (χ4n) is 10.7. The zero-order valence-electron chi connectivity index (χ0n) is 41.4. The number of fused-ring (bicyclic) bond motifs is 4. The molecule has 7 rings (SSSR count). The Labute approximate surface area is 419 Å². The van der Waals surface area contributed by atoms with E-state index in [0.29, 0.717) is 54.9 Å². The standard InChI is InChI=1S/C54H67ClN4O9S2/c1-8-31-56(32-9-2)40-24-26-44-43(36-40)53(4,5)47(57(44)34-15-35-69(62,63)64)28-22-38-16-13-17-39(52(38)55)23-29-48-54(6,7)51-42-18-14-19-46(70(65,66)67)41(42)25-27-45(51)58(48)33-12-10-11-20-50(61)68-59-37(3)21-30-49(59)60/h14,18-19,22-29,36H,3,8-13,15-17,20-21,30-35H2,1-2,4-7H3,(H-,62,63,64,65,66,67)/p+1. The zero-order chi connectivity index (χ0) is 50.8. The number of amides is 1. The van der Waals surface area contributed by atoms with Gasteiger partial charge in [-0.1, -0.05) is 70.2 Å². The van der Waals surface area contributed by atoms with Gasteiger partial charge in [-0.3, -0.25) is 13.9 Å². The van der Waals surface area contributed by atoms with E-state index in [4.69, 9.17) is 16.4 Å². The molecule has 1 aliphatic carbocycles. The number of carbonyl (C=O) groups is 2. The predicted molar refractivity (Wildman–Crippen MR) is 279 cm³/mol. The van der Waals surface area contributed by atoms with Crippen molar-refractivity contribution in [1.29, 1.82) is 0 Å². The first-order valence-electron chi connectivity index (χ1n) is 24.6. The monoisotopic (exact) mass is 1020 g/mol. The van der Waals surface area contributed by atoms with Crippen LogP contribution in [0, 0.1) is 0 Å². The SMILES string of the molecule is C=C1CCC(=O)N1OC(=O)CCCCC[N+]1=C(C=CC2=C(Cl)C(=CC=C3N(CCCS(=O)(=O)O)c4ccc(N(CCC)CCC)cc4C3(C)C)CCC2)C(C)(C)c2c1ccc1c(S(=O)(=O)O)cccc21. The third-order valence-corrected chi connectivity index (χ3v) is 16.3. The number of benzene rings is 3. The molecule has 376 valence electrons. The number of unbranched alkanes of at least 4 members (excludes halogenated alkanes) is 2. The quantitative estimate of drug-likeness (QED) is 0.0629. The first kappa shape index (κ1) is 52.8. The summed E-state index contributed by atoms with van der Waals surface area (Å²) in [6.45, 7) is 19.7. The third-order valence-electron chi connectivity index (χ3n) is 14.1. The Hall–Kier alpha value is -5.06. The lowest BCUT2D eigenvalue weighted by atomic mass is 9.78. The molecule has 16 heteroatoms. The number of rotatable bonds is 20. The average molecular weight is 1020 g/mol. The number of carbonyl (C=O) groups excluding carboxylic acids is 2. The first-order valence-corrected chi connectivity index (χ1v) is 28.0. The summed E-state index contributed by atoms with van der Waals surface area (Å²) >= 11 is 7.36. The molecule has 3 heterocycles. The Morgan fingerprint density at radius 3 is 2.30 bits per heavy atom. The second kappa shape index (κ2) is 21.3. The highest BCUT2D eigenvalue weighted by Gasteiger charge is 2.46. The second-order valence-electron chi connectivity index (χ2n) is 19.9. The van der Waals surface area contributed by atoms with Crippen LogP contribution >= 0.6 is 11.6 Å². The van der Waals surface area contributed by atoms with Crippen molar-refractivity contribution in [2.75, 3.05) is 41.7 Å². The minimum absolute atomic E-state index is 0.145. The van der Waals surface area contributed by atoms with Crippen LogP contribution < -0.4 is 9.80 Å². The van der Waals surface area contributed by atoms with Crippen molar-refractivity contribution in [2.45, 2.75) is 134 Å². The maximum Gasteiger partial charge on any atom is 0.333 e. The Bertz CT molecular complexity index is 2950. The minimum Gasteiger partial charge on any atom is -0.372 e. The molecule has 0 bridgehead atoms. The highest BCUT2D eigenvalue weighted by atomic mass is 35.5. The van der Waals surface area contributed by atoms with Crippen molar-refractivity contribution < 1.29 is 44.9 Å². The summed E-state index contributed by atoms with van der Waals surface area (Å²) in [5.74, 6) is -1.10. The van der Waals surface area contributed by atoms with Gasteiger partial charge >= 0.3 is 5.97 Å². The van der Waals surface area contributed by atoms with E-state index < -0.39 is 37.0 Å². The van der Waals surface area contributed by atoms with Crippen molar-refractivity contribution >= 4 is 77.3 Å². The molecule has 0 unspecified atom stereocenters. The van der Waals surface area contributed by atoms with Gasteiger partial charge in [0.15, 0.2) is 5.71 Å². The largest absolute Gasteiger partial charge is 0.372 e. The van der Waals surface area contributed by atoms with E-state index in [9.17, 15) is 35.5 Å². The summed E-state index contributed by atoms with van der Waals surface area (Å²) < 4.78 is 70.8. The topological polar surface area (TPSA) is 165 Å². The molecule has 3 aliphatic heterocycles. The van der Waals surface area contributed by atoms with Crippen molar-refractivity contribution in [1.82, 2.24) is 5.06 Å². The average Bonchev–Trinajstić information content (AvgIpc) is 3.81.